The second kappa shape index (κ2) is 12.9. The molecule has 17 heteroatoms. The molecule has 0 spiro atoms. The minimum absolute atomic E-state index is 0.0249. The van der Waals surface area contributed by atoms with E-state index in [-0.39, 0.29) is 28.0 Å². The van der Waals surface area contributed by atoms with Gasteiger partial charge in [-0.2, -0.15) is 0 Å². The predicted octanol–water partition coefficient (Wildman–Crippen LogP) is -2.41. The second-order valence-corrected chi connectivity index (χ2v) is 10.4. The standard InChI is InChI=1S/C28H32O17/c1-40-10-5-13(33)17-14(6-10)41-24(9-2-3-11(31)12(32)4-9)25(20(17)36)44-28-26(22(38)19(35)16(8-30)43-28)45-27-23(39)21(37)18(34)15(7-29)42-27/h2-6,15-16,18-19,21-23,26-35,37-39H,7-8H2,1H3/t15?,16?,18-,19+,21+,22+,23?,26?,27+,28+/m0/s1. The highest BCUT2D eigenvalue weighted by Crippen LogP contribution is 2.40. The summed E-state index contributed by atoms with van der Waals surface area (Å²) in [5.74, 6) is -2.65. The number of benzene rings is 2. The molecule has 2 aliphatic rings. The van der Waals surface area contributed by atoms with Crippen LogP contribution >= 0.6 is 0 Å². The van der Waals surface area contributed by atoms with Crippen molar-refractivity contribution in [3.8, 4) is 40.1 Å². The summed E-state index contributed by atoms with van der Waals surface area (Å²) in [7, 11) is 1.31. The molecule has 0 amide bonds. The van der Waals surface area contributed by atoms with Crippen molar-refractivity contribution in [3.63, 3.8) is 0 Å². The van der Waals surface area contributed by atoms with Crippen LogP contribution in [0.4, 0.5) is 0 Å². The van der Waals surface area contributed by atoms with Crippen molar-refractivity contribution in [1.82, 2.24) is 0 Å². The van der Waals surface area contributed by atoms with E-state index in [1.54, 1.807) is 0 Å². The maximum atomic E-state index is 13.9. The summed E-state index contributed by atoms with van der Waals surface area (Å²) in [6.07, 6.45) is -17.9. The molecule has 3 aromatic rings. The van der Waals surface area contributed by atoms with Gasteiger partial charge in [0, 0.05) is 17.7 Å². The summed E-state index contributed by atoms with van der Waals surface area (Å²) in [5, 5.41) is 102. The predicted molar refractivity (Wildman–Crippen MR) is 146 cm³/mol. The number of methoxy groups -OCH3 is 1. The van der Waals surface area contributed by atoms with E-state index in [0.717, 1.165) is 18.2 Å². The van der Waals surface area contributed by atoms with Gasteiger partial charge in [-0.3, -0.25) is 4.79 Å². The van der Waals surface area contributed by atoms with Crippen LogP contribution in [0, 0.1) is 0 Å². The molecule has 2 aromatic carbocycles. The summed E-state index contributed by atoms with van der Waals surface area (Å²) < 4.78 is 33.5. The number of fused-ring (bicyclic) bond motifs is 1. The number of hydrogen-bond acceptors (Lipinski definition) is 17. The third kappa shape index (κ3) is 5.98. The van der Waals surface area contributed by atoms with Gasteiger partial charge in [-0.25, -0.2) is 0 Å². The second-order valence-electron chi connectivity index (χ2n) is 10.4. The summed E-state index contributed by atoms with van der Waals surface area (Å²) in [6, 6.07) is 5.79. The lowest BCUT2D eigenvalue weighted by Crippen LogP contribution is -2.65. The Labute approximate surface area is 252 Å². The Balaban J connectivity index is 1.62. The molecule has 2 fully saturated rings. The minimum atomic E-state index is -1.96. The van der Waals surface area contributed by atoms with Crippen LogP contribution in [-0.4, -0.2) is 133 Å². The number of phenolic OH excluding ortho intramolecular Hbond substituents is 3. The van der Waals surface area contributed by atoms with Gasteiger partial charge >= 0.3 is 0 Å². The minimum Gasteiger partial charge on any atom is -0.507 e. The van der Waals surface area contributed by atoms with Crippen LogP contribution < -0.4 is 14.9 Å². The molecular formula is C28H32O17. The van der Waals surface area contributed by atoms with E-state index in [0.29, 0.717) is 0 Å². The van der Waals surface area contributed by atoms with Gasteiger partial charge in [0.25, 0.3) is 0 Å². The number of aliphatic hydroxyl groups excluding tert-OH is 7. The molecule has 10 atom stereocenters. The Morgan fingerprint density at radius 3 is 2.02 bits per heavy atom. The Bertz CT molecular complexity index is 1570. The van der Waals surface area contributed by atoms with E-state index in [1.807, 2.05) is 0 Å². The van der Waals surface area contributed by atoms with Gasteiger partial charge in [0.1, 0.15) is 65.2 Å². The fraction of sp³-hybridized carbons (Fsp3) is 0.464. The van der Waals surface area contributed by atoms with Crippen LogP contribution in [0.25, 0.3) is 22.3 Å². The lowest BCUT2D eigenvalue weighted by atomic mass is 9.97. The molecule has 2 aliphatic heterocycles. The Kier molecular flexibility index (Phi) is 9.38. The maximum Gasteiger partial charge on any atom is 0.239 e. The van der Waals surface area contributed by atoms with E-state index in [4.69, 9.17) is 28.1 Å². The van der Waals surface area contributed by atoms with Gasteiger partial charge in [0.2, 0.25) is 17.5 Å². The molecule has 17 nitrogen and oxygen atoms in total. The maximum absolute atomic E-state index is 13.9. The third-order valence-electron chi connectivity index (χ3n) is 7.58. The number of rotatable bonds is 8. The van der Waals surface area contributed by atoms with Crippen molar-refractivity contribution >= 4 is 11.0 Å². The van der Waals surface area contributed by atoms with E-state index in [2.05, 4.69) is 0 Å². The molecule has 45 heavy (non-hydrogen) atoms. The monoisotopic (exact) mass is 640 g/mol. The molecule has 1 aromatic heterocycles. The molecule has 0 radical (unpaired) electrons. The van der Waals surface area contributed by atoms with Gasteiger partial charge in [0.05, 0.1) is 20.3 Å². The third-order valence-corrected chi connectivity index (χ3v) is 7.58. The van der Waals surface area contributed by atoms with Crippen molar-refractivity contribution in [2.45, 2.75) is 61.4 Å². The molecule has 5 rings (SSSR count). The number of ether oxygens (including phenoxy) is 5. The first-order chi connectivity index (χ1) is 21.4. The van der Waals surface area contributed by atoms with Crippen LogP contribution in [-0.2, 0) is 14.2 Å². The van der Waals surface area contributed by atoms with Crippen LogP contribution in [0.15, 0.2) is 39.5 Å². The molecule has 246 valence electrons. The van der Waals surface area contributed by atoms with Gasteiger partial charge in [-0.05, 0) is 18.2 Å². The smallest absolute Gasteiger partial charge is 0.239 e. The molecule has 0 bridgehead atoms. The number of phenols is 3. The highest BCUT2D eigenvalue weighted by Gasteiger charge is 2.51. The number of aliphatic hydroxyl groups is 7. The molecule has 0 aliphatic carbocycles. The Hall–Kier alpha value is -3.75. The van der Waals surface area contributed by atoms with Crippen molar-refractivity contribution in [2.24, 2.45) is 0 Å². The van der Waals surface area contributed by atoms with Crippen molar-refractivity contribution < 1.29 is 79.2 Å². The largest absolute Gasteiger partial charge is 0.507 e. The van der Waals surface area contributed by atoms with Gasteiger partial charge in [-0.15, -0.1) is 0 Å². The molecular weight excluding hydrogens is 608 g/mol. The fourth-order valence-electron chi connectivity index (χ4n) is 5.08. The lowest BCUT2D eigenvalue weighted by Gasteiger charge is -2.45. The van der Waals surface area contributed by atoms with Crippen molar-refractivity contribution in [2.75, 3.05) is 20.3 Å². The van der Waals surface area contributed by atoms with E-state index in [1.165, 1.54) is 19.2 Å². The van der Waals surface area contributed by atoms with Crippen molar-refractivity contribution in [1.29, 1.82) is 0 Å². The Morgan fingerprint density at radius 2 is 1.40 bits per heavy atom. The first-order valence-corrected chi connectivity index (χ1v) is 13.5. The zero-order valence-corrected chi connectivity index (χ0v) is 23.4. The quantitative estimate of drug-likeness (QED) is 0.115. The molecule has 2 saturated heterocycles. The molecule has 3 heterocycles. The topological polar surface area (TPSA) is 279 Å². The SMILES string of the molecule is COc1cc(O)c2c(=O)c(O[C@H]3OC(CO)[C@@H](O)[C@@H](O)C3O[C@H]3OC(CO)[C@H](O)[C@@H](O)C3O)c(-c3ccc(O)c(O)c3)oc2c1. The van der Waals surface area contributed by atoms with Gasteiger partial charge in [0.15, 0.2) is 29.7 Å². The summed E-state index contributed by atoms with van der Waals surface area (Å²) >= 11 is 0. The average Bonchev–Trinajstić information content (AvgIpc) is 3.02. The highest BCUT2D eigenvalue weighted by molar-refractivity contribution is 5.88. The zero-order chi connectivity index (χ0) is 32.7. The van der Waals surface area contributed by atoms with Gasteiger partial charge in [-0.1, -0.05) is 0 Å². The van der Waals surface area contributed by atoms with Crippen molar-refractivity contribution in [3.05, 3.63) is 40.6 Å². The molecule has 4 unspecified atom stereocenters. The van der Waals surface area contributed by atoms with E-state index in [9.17, 15) is 55.9 Å². The van der Waals surface area contributed by atoms with Crippen LogP contribution in [0.5, 0.6) is 28.7 Å². The van der Waals surface area contributed by atoms with Crippen LogP contribution in [0.2, 0.25) is 0 Å². The van der Waals surface area contributed by atoms with Gasteiger partial charge < -0.3 is 79.2 Å². The van der Waals surface area contributed by atoms with Crippen LogP contribution in [0.1, 0.15) is 0 Å². The first-order valence-electron chi connectivity index (χ1n) is 13.5. The first kappa shape index (κ1) is 32.6. The number of aromatic hydroxyl groups is 3. The molecule has 10 N–H and O–H groups in total. The fourth-order valence-corrected chi connectivity index (χ4v) is 5.08. The van der Waals surface area contributed by atoms with E-state index < -0.39 is 103 Å². The lowest BCUT2D eigenvalue weighted by molar-refractivity contribution is -0.358. The van der Waals surface area contributed by atoms with E-state index >= 15 is 0 Å². The summed E-state index contributed by atoms with van der Waals surface area (Å²) in [6.45, 7) is -1.66. The Morgan fingerprint density at radius 1 is 0.756 bits per heavy atom. The number of hydrogen-bond donors (Lipinski definition) is 10. The summed E-state index contributed by atoms with van der Waals surface area (Å²) in [4.78, 5) is 13.9. The normalized spacial score (nSPS) is 32.0. The zero-order valence-electron chi connectivity index (χ0n) is 23.4. The highest BCUT2D eigenvalue weighted by atomic mass is 16.8. The average molecular weight is 641 g/mol. The summed E-state index contributed by atoms with van der Waals surface area (Å²) in [5.41, 5.74) is -1.22. The van der Waals surface area contributed by atoms with Crippen LogP contribution in [0.3, 0.4) is 0 Å². The molecule has 0 saturated carbocycles.